The zero-order valence-electron chi connectivity index (χ0n) is 13.3. The number of nitrogens with one attached hydrogen (secondary N) is 1. The number of benzene rings is 2. The minimum atomic E-state index is -0.0788. The van der Waals surface area contributed by atoms with Gasteiger partial charge in [0.05, 0.1) is 6.42 Å². The number of halogens is 1. The Morgan fingerprint density at radius 3 is 2.35 bits per heavy atom. The van der Waals surface area contributed by atoms with Gasteiger partial charge in [-0.25, -0.2) is 0 Å². The molecule has 5 heteroatoms. The molecule has 2 aromatic carbocycles. The van der Waals surface area contributed by atoms with E-state index in [4.69, 9.17) is 5.73 Å². The Morgan fingerprint density at radius 1 is 1.13 bits per heavy atom. The van der Waals surface area contributed by atoms with Crippen molar-refractivity contribution in [1.29, 1.82) is 0 Å². The van der Waals surface area contributed by atoms with Gasteiger partial charge in [0.2, 0.25) is 5.91 Å². The number of hydrogen-bond acceptors (Lipinski definition) is 3. The lowest BCUT2D eigenvalue weighted by molar-refractivity contribution is -0.120. The molecule has 0 aliphatic carbocycles. The number of hydrogen-bond donors (Lipinski definition) is 2. The van der Waals surface area contributed by atoms with Gasteiger partial charge in [0.1, 0.15) is 0 Å². The molecular formula is C18H21BrN2OS. The molecule has 0 radical (unpaired) electrons. The maximum Gasteiger partial charge on any atom is 0.224 e. The van der Waals surface area contributed by atoms with Gasteiger partial charge in [-0.3, -0.25) is 4.79 Å². The molecule has 0 aromatic heterocycles. The Kier molecular flexibility index (Phi) is 6.13. The molecule has 0 saturated heterocycles. The molecule has 3 nitrogen and oxygen atoms in total. The normalized spacial score (nSPS) is 11.3. The number of rotatable bonds is 6. The van der Waals surface area contributed by atoms with Crippen LogP contribution in [0.15, 0.2) is 57.9 Å². The van der Waals surface area contributed by atoms with Gasteiger partial charge in [-0.1, -0.05) is 28.1 Å². The van der Waals surface area contributed by atoms with Gasteiger partial charge in [-0.2, -0.15) is 0 Å². The van der Waals surface area contributed by atoms with Crippen LogP contribution in [0.25, 0.3) is 0 Å². The van der Waals surface area contributed by atoms with Crippen molar-refractivity contribution in [2.24, 2.45) is 0 Å². The van der Waals surface area contributed by atoms with Crippen LogP contribution in [-0.2, 0) is 11.2 Å². The van der Waals surface area contributed by atoms with Crippen LogP contribution in [0.3, 0.4) is 0 Å². The third-order valence-electron chi connectivity index (χ3n) is 3.26. The predicted octanol–water partition coefficient (Wildman–Crippen LogP) is 4.26. The summed E-state index contributed by atoms with van der Waals surface area (Å²) in [7, 11) is 0. The molecule has 3 N–H and O–H groups in total. The second kappa shape index (κ2) is 7.88. The van der Waals surface area contributed by atoms with Gasteiger partial charge >= 0.3 is 0 Å². The maximum atomic E-state index is 12.1. The first kappa shape index (κ1) is 17.9. The number of nitrogens with two attached hydrogens (primary N) is 1. The number of carbonyl (C=O) groups excluding carboxylic acids is 1. The van der Waals surface area contributed by atoms with Crippen LogP contribution in [0.2, 0.25) is 0 Å². The van der Waals surface area contributed by atoms with Crippen LogP contribution in [0.4, 0.5) is 5.69 Å². The average molecular weight is 393 g/mol. The molecule has 0 heterocycles. The van der Waals surface area contributed by atoms with Crippen LogP contribution >= 0.6 is 27.7 Å². The summed E-state index contributed by atoms with van der Waals surface area (Å²) in [4.78, 5) is 13.3. The van der Waals surface area contributed by atoms with Gasteiger partial charge in [0, 0.05) is 26.3 Å². The maximum absolute atomic E-state index is 12.1. The van der Waals surface area contributed by atoms with E-state index in [-0.39, 0.29) is 10.7 Å². The van der Waals surface area contributed by atoms with E-state index < -0.39 is 0 Å². The van der Waals surface area contributed by atoms with E-state index in [9.17, 15) is 4.79 Å². The standard InChI is InChI=1S/C18H21BrN2OS/c1-18(2,23-16-9-5-14(19)6-10-16)12-21-17(22)11-13-3-7-15(20)8-4-13/h3-10H,11-12,20H2,1-2H3,(H,21,22). The summed E-state index contributed by atoms with van der Waals surface area (Å²) in [6.07, 6.45) is 0.374. The Bertz CT molecular complexity index is 654. The Labute approximate surface area is 150 Å². The Balaban J connectivity index is 1.84. The van der Waals surface area contributed by atoms with Crippen molar-refractivity contribution >= 4 is 39.3 Å². The van der Waals surface area contributed by atoms with Crippen LogP contribution in [-0.4, -0.2) is 17.2 Å². The van der Waals surface area contributed by atoms with E-state index in [1.165, 1.54) is 4.90 Å². The first-order chi connectivity index (χ1) is 10.8. The average Bonchev–Trinajstić information content (AvgIpc) is 2.50. The minimum Gasteiger partial charge on any atom is -0.399 e. The van der Waals surface area contributed by atoms with Gasteiger partial charge in [-0.05, 0) is 55.8 Å². The van der Waals surface area contributed by atoms with Crippen molar-refractivity contribution in [3.05, 3.63) is 58.6 Å². The fraction of sp³-hybridized carbons (Fsp3) is 0.278. The van der Waals surface area contributed by atoms with E-state index in [0.29, 0.717) is 18.7 Å². The zero-order chi connectivity index (χ0) is 16.9. The van der Waals surface area contributed by atoms with Gasteiger partial charge in [0.15, 0.2) is 0 Å². The SMILES string of the molecule is CC(C)(CNC(=O)Cc1ccc(N)cc1)Sc1ccc(Br)cc1. The van der Waals surface area contributed by atoms with E-state index >= 15 is 0 Å². The Hall–Kier alpha value is -1.46. The summed E-state index contributed by atoms with van der Waals surface area (Å²) in [5, 5.41) is 3.02. The topological polar surface area (TPSA) is 55.1 Å². The molecule has 0 aliphatic heterocycles. The summed E-state index contributed by atoms with van der Waals surface area (Å²) in [6.45, 7) is 4.87. The number of thioether (sulfide) groups is 1. The van der Waals surface area contributed by atoms with Crippen molar-refractivity contribution in [3.63, 3.8) is 0 Å². The molecular weight excluding hydrogens is 372 g/mol. The molecule has 0 unspecified atom stereocenters. The lowest BCUT2D eigenvalue weighted by Gasteiger charge is -2.24. The molecule has 0 bridgehead atoms. The molecule has 2 aromatic rings. The van der Waals surface area contributed by atoms with E-state index in [1.807, 2.05) is 36.4 Å². The van der Waals surface area contributed by atoms with Crippen molar-refractivity contribution < 1.29 is 4.79 Å². The largest absolute Gasteiger partial charge is 0.399 e. The fourth-order valence-electron chi connectivity index (χ4n) is 2.05. The van der Waals surface area contributed by atoms with Crippen LogP contribution in [0.5, 0.6) is 0 Å². The highest BCUT2D eigenvalue weighted by Gasteiger charge is 2.20. The summed E-state index contributed by atoms with van der Waals surface area (Å²) < 4.78 is 0.987. The lowest BCUT2D eigenvalue weighted by Crippen LogP contribution is -2.37. The van der Waals surface area contributed by atoms with Crippen LogP contribution in [0, 0.1) is 0 Å². The van der Waals surface area contributed by atoms with Crippen molar-refractivity contribution in [1.82, 2.24) is 5.32 Å². The van der Waals surface area contributed by atoms with E-state index in [2.05, 4.69) is 47.2 Å². The highest BCUT2D eigenvalue weighted by molar-refractivity contribution is 9.10. The first-order valence-electron chi connectivity index (χ1n) is 7.40. The molecule has 23 heavy (non-hydrogen) atoms. The fourth-order valence-corrected chi connectivity index (χ4v) is 3.37. The summed E-state index contributed by atoms with van der Waals surface area (Å²) in [5.74, 6) is 0.0271. The van der Waals surface area contributed by atoms with E-state index in [1.54, 1.807) is 11.8 Å². The molecule has 0 spiro atoms. The highest BCUT2D eigenvalue weighted by Crippen LogP contribution is 2.32. The number of amides is 1. The summed E-state index contributed by atoms with van der Waals surface area (Å²) >= 11 is 5.19. The third kappa shape index (κ3) is 6.28. The summed E-state index contributed by atoms with van der Waals surface area (Å²) in [5.41, 5.74) is 7.33. The third-order valence-corrected chi connectivity index (χ3v) is 5.00. The second-order valence-electron chi connectivity index (χ2n) is 6.01. The Morgan fingerprint density at radius 2 is 1.74 bits per heavy atom. The van der Waals surface area contributed by atoms with Gasteiger partial charge in [0.25, 0.3) is 0 Å². The minimum absolute atomic E-state index is 0.0271. The molecule has 0 fully saturated rings. The molecule has 2 rings (SSSR count). The molecule has 0 atom stereocenters. The lowest BCUT2D eigenvalue weighted by atomic mass is 10.1. The monoisotopic (exact) mass is 392 g/mol. The number of anilines is 1. The number of carbonyl (C=O) groups is 1. The molecule has 0 saturated carbocycles. The molecule has 1 amide bonds. The first-order valence-corrected chi connectivity index (χ1v) is 9.01. The predicted molar refractivity (Wildman–Crippen MR) is 102 cm³/mol. The summed E-state index contributed by atoms with van der Waals surface area (Å²) in [6, 6.07) is 15.6. The van der Waals surface area contributed by atoms with Crippen molar-refractivity contribution in [2.45, 2.75) is 29.9 Å². The number of nitrogen functional groups attached to an aromatic ring is 1. The highest BCUT2D eigenvalue weighted by atomic mass is 79.9. The molecule has 122 valence electrons. The van der Waals surface area contributed by atoms with Gasteiger partial charge < -0.3 is 11.1 Å². The van der Waals surface area contributed by atoms with Crippen molar-refractivity contribution in [2.75, 3.05) is 12.3 Å². The van der Waals surface area contributed by atoms with Gasteiger partial charge in [-0.15, -0.1) is 11.8 Å². The van der Waals surface area contributed by atoms with E-state index in [0.717, 1.165) is 10.0 Å². The van der Waals surface area contributed by atoms with Crippen molar-refractivity contribution in [3.8, 4) is 0 Å². The quantitative estimate of drug-likeness (QED) is 0.570. The van der Waals surface area contributed by atoms with Crippen LogP contribution < -0.4 is 11.1 Å². The molecule has 0 aliphatic rings. The smallest absolute Gasteiger partial charge is 0.224 e. The van der Waals surface area contributed by atoms with Crippen LogP contribution in [0.1, 0.15) is 19.4 Å². The second-order valence-corrected chi connectivity index (χ2v) is 8.71. The zero-order valence-corrected chi connectivity index (χ0v) is 15.7.